The summed E-state index contributed by atoms with van der Waals surface area (Å²) in [4.78, 5) is 31.0. The normalized spacial score (nSPS) is 12.1. The monoisotopic (exact) mass is 408 g/mol. The number of ether oxygens (including phenoxy) is 2. The van der Waals surface area contributed by atoms with E-state index in [4.69, 9.17) is 9.47 Å². The zero-order valence-electron chi connectivity index (χ0n) is 16.2. The van der Waals surface area contributed by atoms with E-state index in [1.807, 2.05) is 24.3 Å². The second kappa shape index (κ2) is 8.26. The molecule has 0 amide bonds. The van der Waals surface area contributed by atoms with E-state index in [-0.39, 0.29) is 30.3 Å². The second-order valence-electron chi connectivity index (χ2n) is 6.69. The molecule has 9 heteroatoms. The minimum atomic E-state index is -0.961. The van der Waals surface area contributed by atoms with E-state index in [0.717, 1.165) is 0 Å². The molecule has 30 heavy (non-hydrogen) atoms. The van der Waals surface area contributed by atoms with Gasteiger partial charge in [-0.1, -0.05) is 36.4 Å². The summed E-state index contributed by atoms with van der Waals surface area (Å²) in [5.41, 5.74) is -0.913. The van der Waals surface area contributed by atoms with Crippen LogP contribution in [0.1, 0.15) is 0 Å². The van der Waals surface area contributed by atoms with Gasteiger partial charge in [0.05, 0.1) is 6.54 Å². The lowest BCUT2D eigenvalue weighted by Crippen LogP contribution is -2.30. The highest BCUT2D eigenvalue weighted by atomic mass is 16.5. The van der Waals surface area contributed by atoms with Gasteiger partial charge < -0.3 is 14.6 Å². The fourth-order valence-corrected chi connectivity index (χ4v) is 3.03. The number of aliphatic hydroxyl groups excluding tert-OH is 1. The van der Waals surface area contributed by atoms with Crippen molar-refractivity contribution >= 4 is 11.2 Å². The Morgan fingerprint density at radius 2 is 1.67 bits per heavy atom. The molecule has 0 aliphatic carbocycles. The maximum atomic E-state index is 12.5. The van der Waals surface area contributed by atoms with Gasteiger partial charge in [0.15, 0.2) is 11.2 Å². The minimum Gasteiger partial charge on any atom is -0.491 e. The average molecular weight is 408 g/mol. The molecule has 4 aromatic rings. The van der Waals surface area contributed by atoms with Crippen molar-refractivity contribution in [1.29, 1.82) is 0 Å². The van der Waals surface area contributed by atoms with Crippen molar-refractivity contribution in [2.45, 2.75) is 12.6 Å². The average Bonchev–Trinajstić information content (AvgIpc) is 3.10. The van der Waals surface area contributed by atoms with Crippen LogP contribution in [0.25, 0.3) is 11.2 Å². The molecule has 9 nitrogen and oxygen atoms in total. The van der Waals surface area contributed by atoms with Crippen molar-refractivity contribution in [1.82, 2.24) is 19.1 Å². The van der Waals surface area contributed by atoms with Crippen molar-refractivity contribution < 1.29 is 14.6 Å². The van der Waals surface area contributed by atoms with Gasteiger partial charge in [0.2, 0.25) is 0 Å². The molecule has 0 unspecified atom stereocenters. The Morgan fingerprint density at radius 3 is 2.33 bits per heavy atom. The molecule has 154 valence electrons. The van der Waals surface area contributed by atoms with Crippen LogP contribution in [0.4, 0.5) is 0 Å². The van der Waals surface area contributed by atoms with Gasteiger partial charge in [-0.05, 0) is 24.3 Å². The van der Waals surface area contributed by atoms with Crippen LogP contribution >= 0.6 is 0 Å². The van der Waals surface area contributed by atoms with E-state index >= 15 is 0 Å². The molecule has 0 aliphatic heterocycles. The van der Waals surface area contributed by atoms with Gasteiger partial charge in [-0.3, -0.25) is 18.9 Å². The molecule has 2 heterocycles. The predicted octanol–water partition coefficient (Wildman–Crippen LogP) is 1.66. The summed E-state index contributed by atoms with van der Waals surface area (Å²) in [6.45, 7) is -0.0229. The third kappa shape index (κ3) is 3.96. The molecule has 0 saturated carbocycles. The fourth-order valence-electron chi connectivity index (χ4n) is 3.03. The predicted molar refractivity (Wildman–Crippen MR) is 110 cm³/mol. The van der Waals surface area contributed by atoms with Crippen molar-refractivity contribution in [3.05, 3.63) is 81.5 Å². The van der Waals surface area contributed by atoms with Crippen LogP contribution in [0.3, 0.4) is 0 Å². The maximum absolute atomic E-state index is 12.5. The zero-order chi connectivity index (χ0) is 21.1. The number of hydrogen-bond acceptors (Lipinski definition) is 6. The topological polar surface area (TPSA) is 111 Å². The molecule has 1 atom stereocenters. The SMILES string of the molecule is Cn1c(=O)[nH]c(=O)c2c1nc(Oc1ccccc1)n2C[C@@H](O)COc1ccccc1. The standard InChI is InChI=1S/C21H20N4O5/c1-24-18-17(19(27)23-20(24)28)25(21(22-18)30-16-10-6-3-7-11-16)12-14(26)13-29-15-8-4-2-5-9-15/h2-11,14,26H,12-13H2,1H3,(H,23,27,28)/t14-/m1/s1. The van der Waals surface area contributed by atoms with Crippen molar-refractivity contribution in [2.24, 2.45) is 7.05 Å². The van der Waals surface area contributed by atoms with Gasteiger partial charge in [0, 0.05) is 7.05 Å². The van der Waals surface area contributed by atoms with E-state index in [1.54, 1.807) is 36.4 Å². The van der Waals surface area contributed by atoms with Crippen LogP contribution in [0.2, 0.25) is 0 Å². The Kier molecular flexibility index (Phi) is 5.36. The lowest BCUT2D eigenvalue weighted by Gasteiger charge is -2.15. The summed E-state index contributed by atoms with van der Waals surface area (Å²) in [5.74, 6) is 1.12. The highest BCUT2D eigenvalue weighted by molar-refractivity contribution is 5.71. The highest BCUT2D eigenvalue weighted by Crippen LogP contribution is 2.24. The first-order valence-corrected chi connectivity index (χ1v) is 9.31. The van der Waals surface area contributed by atoms with Crippen LogP contribution in [0.15, 0.2) is 70.3 Å². The van der Waals surface area contributed by atoms with Crippen LogP contribution in [-0.2, 0) is 13.6 Å². The number of hydrogen-bond donors (Lipinski definition) is 2. The summed E-state index contributed by atoms with van der Waals surface area (Å²) in [5, 5.41) is 10.5. The number of para-hydroxylation sites is 2. The summed E-state index contributed by atoms with van der Waals surface area (Å²) in [6.07, 6.45) is -0.961. The highest BCUT2D eigenvalue weighted by Gasteiger charge is 2.21. The molecule has 2 N–H and O–H groups in total. The number of nitrogens with one attached hydrogen (secondary N) is 1. The number of aryl methyl sites for hydroxylation is 1. The third-order valence-electron chi connectivity index (χ3n) is 4.50. The number of aliphatic hydroxyl groups is 1. The summed E-state index contributed by atoms with van der Waals surface area (Å²) in [6, 6.07) is 18.1. The molecular weight excluding hydrogens is 388 g/mol. The summed E-state index contributed by atoms with van der Waals surface area (Å²) in [7, 11) is 1.50. The number of nitrogens with zero attached hydrogens (tertiary/aromatic N) is 3. The second-order valence-corrected chi connectivity index (χ2v) is 6.69. The maximum Gasteiger partial charge on any atom is 0.329 e. The lowest BCUT2D eigenvalue weighted by atomic mass is 10.3. The van der Waals surface area contributed by atoms with Crippen LogP contribution in [0, 0.1) is 0 Å². The van der Waals surface area contributed by atoms with Crippen molar-refractivity contribution in [3.8, 4) is 17.5 Å². The molecule has 2 aromatic heterocycles. The van der Waals surface area contributed by atoms with Crippen molar-refractivity contribution in [3.63, 3.8) is 0 Å². The third-order valence-corrected chi connectivity index (χ3v) is 4.50. The molecule has 0 saturated heterocycles. The van der Waals surface area contributed by atoms with E-state index in [2.05, 4.69) is 9.97 Å². The molecule has 0 bridgehead atoms. The Morgan fingerprint density at radius 1 is 1.03 bits per heavy atom. The number of fused-ring (bicyclic) bond motifs is 1. The Hall–Kier alpha value is -3.85. The van der Waals surface area contributed by atoms with Gasteiger partial charge in [-0.25, -0.2) is 4.79 Å². The minimum absolute atomic E-state index is 0.00185. The fraction of sp³-hybridized carbons (Fsp3) is 0.190. The number of aromatic nitrogens is 4. The van der Waals surface area contributed by atoms with Gasteiger partial charge >= 0.3 is 11.7 Å². The van der Waals surface area contributed by atoms with Crippen LogP contribution in [0.5, 0.6) is 17.5 Å². The summed E-state index contributed by atoms with van der Waals surface area (Å²) >= 11 is 0. The zero-order valence-corrected chi connectivity index (χ0v) is 16.2. The number of imidazole rings is 1. The van der Waals surface area contributed by atoms with Crippen LogP contribution in [-0.4, -0.2) is 36.9 Å². The first-order valence-electron chi connectivity index (χ1n) is 9.31. The Bertz CT molecular complexity index is 1260. The summed E-state index contributed by atoms with van der Waals surface area (Å²) < 4.78 is 14.1. The van der Waals surface area contributed by atoms with Gasteiger partial charge in [0.1, 0.15) is 24.2 Å². The molecule has 0 fully saturated rings. The quantitative estimate of drug-likeness (QED) is 0.481. The van der Waals surface area contributed by atoms with Gasteiger partial charge in [-0.15, -0.1) is 0 Å². The first-order chi connectivity index (χ1) is 14.5. The van der Waals surface area contributed by atoms with Crippen LogP contribution < -0.4 is 20.7 Å². The number of benzene rings is 2. The van der Waals surface area contributed by atoms with Crippen molar-refractivity contribution in [2.75, 3.05) is 6.61 Å². The van der Waals surface area contributed by atoms with E-state index in [0.29, 0.717) is 11.5 Å². The van der Waals surface area contributed by atoms with E-state index < -0.39 is 17.4 Å². The molecule has 0 aliphatic rings. The Balaban J connectivity index is 1.69. The van der Waals surface area contributed by atoms with E-state index in [9.17, 15) is 14.7 Å². The smallest absolute Gasteiger partial charge is 0.329 e. The van der Waals surface area contributed by atoms with E-state index in [1.165, 1.54) is 16.2 Å². The number of H-pyrrole nitrogens is 1. The molecular formula is C21H20N4O5. The van der Waals surface area contributed by atoms with Gasteiger partial charge in [0.25, 0.3) is 5.56 Å². The molecule has 4 rings (SSSR count). The largest absolute Gasteiger partial charge is 0.491 e. The number of aromatic amines is 1. The molecule has 2 aromatic carbocycles. The lowest BCUT2D eigenvalue weighted by molar-refractivity contribution is 0.0915. The van der Waals surface area contributed by atoms with Gasteiger partial charge in [-0.2, -0.15) is 4.98 Å². The Labute approximate surface area is 170 Å². The molecule has 0 spiro atoms. The molecule has 0 radical (unpaired) electrons. The first kappa shape index (κ1) is 19.5. The number of rotatable bonds is 7.